The van der Waals surface area contributed by atoms with Gasteiger partial charge in [-0.3, -0.25) is 9.89 Å². The van der Waals surface area contributed by atoms with E-state index in [1.807, 2.05) is 24.3 Å². The maximum atomic E-state index is 11.9. The number of ether oxygens (including phenoxy) is 1. The SMILES string of the molecule is COc1ccc(-c2[nH]ncc2C(=O)NCCO)cc1. The predicted octanol–water partition coefficient (Wildman–Crippen LogP) is 0.807. The minimum atomic E-state index is -0.270. The second-order valence-electron chi connectivity index (χ2n) is 3.87. The Balaban J connectivity index is 2.25. The number of benzene rings is 1. The Morgan fingerprint density at radius 2 is 2.16 bits per heavy atom. The summed E-state index contributed by atoms with van der Waals surface area (Å²) < 4.78 is 5.08. The number of amides is 1. The first kappa shape index (κ1) is 13.1. The number of hydrogen-bond acceptors (Lipinski definition) is 4. The molecule has 0 saturated carbocycles. The number of aliphatic hydroxyl groups excluding tert-OH is 1. The minimum absolute atomic E-state index is 0.0958. The fourth-order valence-electron chi connectivity index (χ4n) is 1.70. The van der Waals surface area contributed by atoms with Crippen LogP contribution in [0.15, 0.2) is 30.5 Å². The van der Waals surface area contributed by atoms with Gasteiger partial charge in [0, 0.05) is 12.1 Å². The summed E-state index contributed by atoms with van der Waals surface area (Å²) in [6.07, 6.45) is 1.46. The van der Waals surface area contributed by atoms with E-state index >= 15 is 0 Å². The highest BCUT2D eigenvalue weighted by molar-refractivity contribution is 5.99. The lowest BCUT2D eigenvalue weighted by atomic mass is 10.1. The third-order valence-electron chi connectivity index (χ3n) is 2.66. The molecule has 1 heterocycles. The lowest BCUT2D eigenvalue weighted by Gasteiger charge is -2.05. The molecule has 1 aromatic carbocycles. The van der Waals surface area contributed by atoms with Gasteiger partial charge in [-0.15, -0.1) is 0 Å². The first-order chi connectivity index (χ1) is 9.26. The maximum Gasteiger partial charge on any atom is 0.255 e. The Hall–Kier alpha value is -2.34. The van der Waals surface area contributed by atoms with Gasteiger partial charge in [-0.1, -0.05) is 0 Å². The Morgan fingerprint density at radius 3 is 2.79 bits per heavy atom. The summed E-state index contributed by atoms with van der Waals surface area (Å²) in [6.45, 7) is 0.119. The van der Waals surface area contributed by atoms with Crippen molar-refractivity contribution < 1.29 is 14.6 Å². The number of carbonyl (C=O) groups excluding carboxylic acids is 1. The second kappa shape index (κ2) is 6.01. The number of nitrogens with one attached hydrogen (secondary N) is 2. The number of aromatic nitrogens is 2. The van der Waals surface area contributed by atoms with Gasteiger partial charge in [-0.25, -0.2) is 0 Å². The molecule has 19 heavy (non-hydrogen) atoms. The van der Waals surface area contributed by atoms with Crippen molar-refractivity contribution in [2.45, 2.75) is 0 Å². The van der Waals surface area contributed by atoms with Crippen LogP contribution in [-0.4, -0.2) is 41.5 Å². The smallest absolute Gasteiger partial charge is 0.255 e. The third kappa shape index (κ3) is 2.92. The highest BCUT2D eigenvalue weighted by Crippen LogP contribution is 2.23. The van der Waals surface area contributed by atoms with Gasteiger partial charge in [0.05, 0.1) is 31.2 Å². The number of aromatic amines is 1. The van der Waals surface area contributed by atoms with E-state index in [0.29, 0.717) is 11.3 Å². The molecule has 100 valence electrons. The molecule has 0 spiro atoms. The summed E-state index contributed by atoms with van der Waals surface area (Å²) in [5, 5.41) is 18.0. The third-order valence-corrected chi connectivity index (χ3v) is 2.66. The van der Waals surface area contributed by atoms with Crippen LogP contribution in [0, 0.1) is 0 Å². The molecule has 0 unspecified atom stereocenters. The van der Waals surface area contributed by atoms with Crippen molar-refractivity contribution >= 4 is 5.91 Å². The van der Waals surface area contributed by atoms with E-state index in [1.54, 1.807) is 7.11 Å². The van der Waals surface area contributed by atoms with Gasteiger partial charge in [0.25, 0.3) is 5.91 Å². The molecule has 3 N–H and O–H groups in total. The zero-order chi connectivity index (χ0) is 13.7. The van der Waals surface area contributed by atoms with Crippen LogP contribution >= 0.6 is 0 Å². The van der Waals surface area contributed by atoms with Gasteiger partial charge in [0.1, 0.15) is 5.75 Å². The van der Waals surface area contributed by atoms with Gasteiger partial charge in [-0.2, -0.15) is 5.10 Å². The Morgan fingerprint density at radius 1 is 1.42 bits per heavy atom. The minimum Gasteiger partial charge on any atom is -0.497 e. The molecule has 6 heteroatoms. The molecule has 6 nitrogen and oxygen atoms in total. The predicted molar refractivity (Wildman–Crippen MR) is 70.0 cm³/mol. The van der Waals surface area contributed by atoms with Crippen molar-refractivity contribution in [2.75, 3.05) is 20.3 Å². The van der Waals surface area contributed by atoms with E-state index in [2.05, 4.69) is 15.5 Å². The zero-order valence-corrected chi connectivity index (χ0v) is 10.5. The van der Waals surface area contributed by atoms with Crippen LogP contribution in [0.2, 0.25) is 0 Å². The summed E-state index contributed by atoms with van der Waals surface area (Å²) in [5.41, 5.74) is 1.92. The topological polar surface area (TPSA) is 87.2 Å². The molecular weight excluding hydrogens is 246 g/mol. The molecule has 0 saturated heterocycles. The molecule has 2 rings (SSSR count). The summed E-state index contributed by atoms with van der Waals surface area (Å²) >= 11 is 0. The summed E-state index contributed by atoms with van der Waals surface area (Å²) in [7, 11) is 1.60. The van der Waals surface area contributed by atoms with E-state index < -0.39 is 0 Å². The molecule has 1 aromatic heterocycles. The summed E-state index contributed by atoms with van der Waals surface area (Å²) in [6, 6.07) is 7.31. The van der Waals surface area contributed by atoms with Crippen LogP contribution in [0.25, 0.3) is 11.3 Å². The van der Waals surface area contributed by atoms with Crippen molar-refractivity contribution in [2.24, 2.45) is 0 Å². The van der Waals surface area contributed by atoms with Crippen molar-refractivity contribution in [3.8, 4) is 17.0 Å². The molecule has 0 aliphatic rings. The number of hydrogen-bond donors (Lipinski definition) is 3. The second-order valence-corrected chi connectivity index (χ2v) is 3.87. The quantitative estimate of drug-likeness (QED) is 0.743. The highest BCUT2D eigenvalue weighted by atomic mass is 16.5. The molecule has 0 fully saturated rings. The van der Waals surface area contributed by atoms with Gasteiger partial charge < -0.3 is 15.2 Å². The summed E-state index contributed by atoms with van der Waals surface area (Å²) in [4.78, 5) is 11.9. The van der Waals surface area contributed by atoms with Crippen molar-refractivity contribution in [3.63, 3.8) is 0 Å². The number of carbonyl (C=O) groups is 1. The van der Waals surface area contributed by atoms with E-state index in [1.165, 1.54) is 6.20 Å². The van der Waals surface area contributed by atoms with Crippen LogP contribution in [0.3, 0.4) is 0 Å². The lowest BCUT2D eigenvalue weighted by Crippen LogP contribution is -2.26. The van der Waals surface area contributed by atoms with Crippen LogP contribution in [-0.2, 0) is 0 Å². The Labute approximate surface area is 110 Å². The summed E-state index contributed by atoms with van der Waals surface area (Å²) in [5.74, 6) is 0.475. The van der Waals surface area contributed by atoms with E-state index in [-0.39, 0.29) is 19.1 Å². The van der Waals surface area contributed by atoms with Crippen molar-refractivity contribution in [3.05, 3.63) is 36.0 Å². The number of aliphatic hydroxyl groups is 1. The van der Waals surface area contributed by atoms with E-state index in [0.717, 1.165) is 11.3 Å². The fraction of sp³-hybridized carbons (Fsp3) is 0.231. The molecule has 1 amide bonds. The first-order valence-corrected chi connectivity index (χ1v) is 5.83. The van der Waals surface area contributed by atoms with E-state index in [4.69, 9.17) is 9.84 Å². The Bertz CT molecular complexity index is 549. The molecule has 0 bridgehead atoms. The zero-order valence-electron chi connectivity index (χ0n) is 10.5. The first-order valence-electron chi connectivity index (χ1n) is 5.83. The van der Waals surface area contributed by atoms with Gasteiger partial charge in [-0.05, 0) is 24.3 Å². The van der Waals surface area contributed by atoms with Gasteiger partial charge in [0.15, 0.2) is 0 Å². The normalized spacial score (nSPS) is 10.2. The average molecular weight is 261 g/mol. The van der Waals surface area contributed by atoms with Crippen molar-refractivity contribution in [1.29, 1.82) is 0 Å². The molecule has 0 radical (unpaired) electrons. The van der Waals surface area contributed by atoms with E-state index in [9.17, 15) is 4.79 Å². The number of nitrogens with zero attached hydrogens (tertiary/aromatic N) is 1. The highest BCUT2D eigenvalue weighted by Gasteiger charge is 2.14. The molecule has 0 aliphatic carbocycles. The van der Waals surface area contributed by atoms with Crippen LogP contribution in [0.5, 0.6) is 5.75 Å². The molecular formula is C13H15N3O3. The standard InChI is InChI=1S/C13H15N3O3/c1-19-10-4-2-9(3-5-10)12-11(8-15-16-12)13(18)14-6-7-17/h2-5,8,17H,6-7H2,1H3,(H,14,18)(H,15,16). The monoisotopic (exact) mass is 261 g/mol. The molecule has 0 aliphatic heterocycles. The fourth-order valence-corrected chi connectivity index (χ4v) is 1.70. The van der Waals surface area contributed by atoms with Gasteiger partial charge in [0.2, 0.25) is 0 Å². The number of methoxy groups -OCH3 is 1. The van der Waals surface area contributed by atoms with Crippen molar-refractivity contribution in [1.82, 2.24) is 15.5 Å². The Kier molecular flexibility index (Phi) is 4.15. The number of H-pyrrole nitrogens is 1. The number of rotatable bonds is 5. The average Bonchev–Trinajstić information content (AvgIpc) is 2.94. The lowest BCUT2D eigenvalue weighted by molar-refractivity contribution is 0.0945. The largest absolute Gasteiger partial charge is 0.497 e. The molecule has 2 aromatic rings. The van der Waals surface area contributed by atoms with Crippen LogP contribution in [0.4, 0.5) is 0 Å². The molecule has 0 atom stereocenters. The maximum absolute atomic E-state index is 11.9. The van der Waals surface area contributed by atoms with Crippen LogP contribution < -0.4 is 10.1 Å². The van der Waals surface area contributed by atoms with Crippen LogP contribution in [0.1, 0.15) is 10.4 Å². The van der Waals surface area contributed by atoms with Gasteiger partial charge >= 0.3 is 0 Å².